The summed E-state index contributed by atoms with van der Waals surface area (Å²) < 4.78 is 13.4. The molecule has 19 heavy (non-hydrogen) atoms. The van der Waals surface area contributed by atoms with Crippen LogP contribution < -0.4 is 4.90 Å². The van der Waals surface area contributed by atoms with Crippen molar-refractivity contribution in [2.45, 2.75) is 13.1 Å². The summed E-state index contributed by atoms with van der Waals surface area (Å²) in [6.07, 6.45) is 1.62. The Balaban J connectivity index is 2.51. The highest BCUT2D eigenvalue weighted by Gasteiger charge is 2.18. The van der Waals surface area contributed by atoms with Gasteiger partial charge in [0, 0.05) is 11.9 Å². The first-order chi connectivity index (χ1) is 9.15. The number of para-hydroxylation sites is 1. The summed E-state index contributed by atoms with van der Waals surface area (Å²) in [4.78, 5) is 9.67. The Morgan fingerprint density at radius 1 is 1.32 bits per heavy atom. The number of alkyl halides is 1. The van der Waals surface area contributed by atoms with Crippen molar-refractivity contribution in [3.05, 3.63) is 60.2 Å². The molecule has 5 heteroatoms. The molecular formula is C14H13ClFN3. The van der Waals surface area contributed by atoms with E-state index in [1.807, 2.05) is 30.3 Å². The van der Waals surface area contributed by atoms with Crippen LogP contribution in [0.25, 0.3) is 0 Å². The zero-order valence-corrected chi connectivity index (χ0v) is 11.2. The number of hydrogen-bond acceptors (Lipinski definition) is 3. The minimum Gasteiger partial charge on any atom is -0.301 e. The smallest absolute Gasteiger partial charge is 0.159 e. The van der Waals surface area contributed by atoms with Crippen LogP contribution in [0.4, 0.5) is 15.9 Å². The molecule has 98 valence electrons. The van der Waals surface area contributed by atoms with Crippen molar-refractivity contribution >= 4 is 23.1 Å². The zero-order valence-electron chi connectivity index (χ0n) is 10.4. The molecular weight excluding hydrogens is 265 g/mol. The summed E-state index contributed by atoms with van der Waals surface area (Å²) in [5.74, 6) is 0.414. The molecule has 2 rings (SSSR count). The minimum absolute atomic E-state index is 0.175. The van der Waals surface area contributed by atoms with Crippen LogP contribution in [0.2, 0.25) is 5.02 Å². The lowest BCUT2D eigenvalue weighted by molar-refractivity contribution is 0.365. The molecule has 1 atom stereocenters. The Morgan fingerprint density at radius 2 is 2.00 bits per heavy atom. The van der Waals surface area contributed by atoms with Crippen LogP contribution in [0.5, 0.6) is 0 Å². The van der Waals surface area contributed by atoms with Crippen molar-refractivity contribution in [2.75, 3.05) is 4.90 Å². The number of anilines is 2. The number of rotatable bonds is 4. The Bertz CT molecular complexity index is 572. The van der Waals surface area contributed by atoms with E-state index >= 15 is 0 Å². The summed E-state index contributed by atoms with van der Waals surface area (Å²) in [6, 6.07) is 9.46. The van der Waals surface area contributed by atoms with E-state index < -0.39 is 6.17 Å². The molecule has 0 spiro atoms. The third-order valence-corrected chi connectivity index (χ3v) is 2.98. The average Bonchev–Trinajstić information content (AvgIpc) is 2.42. The maximum atomic E-state index is 13.4. The fraction of sp³-hybridized carbons (Fsp3) is 0.143. The summed E-state index contributed by atoms with van der Waals surface area (Å²) in [7, 11) is 0. The number of nitrogens with zero attached hydrogens (tertiary/aromatic N) is 3. The molecule has 2 aromatic rings. The van der Waals surface area contributed by atoms with Gasteiger partial charge in [-0.1, -0.05) is 36.4 Å². The van der Waals surface area contributed by atoms with E-state index in [0.29, 0.717) is 5.82 Å². The molecule has 0 bridgehead atoms. The molecule has 0 saturated heterocycles. The predicted octanol–water partition coefficient (Wildman–Crippen LogP) is 4.44. The quantitative estimate of drug-likeness (QED) is 0.827. The maximum Gasteiger partial charge on any atom is 0.159 e. The van der Waals surface area contributed by atoms with Crippen LogP contribution in [0, 0.1) is 0 Å². The third-order valence-electron chi connectivity index (χ3n) is 2.62. The summed E-state index contributed by atoms with van der Waals surface area (Å²) >= 11 is 6.17. The zero-order chi connectivity index (χ0) is 13.8. The van der Waals surface area contributed by atoms with Crippen LogP contribution in [0.3, 0.4) is 0 Å². The van der Waals surface area contributed by atoms with Gasteiger partial charge in [-0.25, -0.2) is 14.4 Å². The molecule has 0 amide bonds. The van der Waals surface area contributed by atoms with Crippen LogP contribution in [0.1, 0.15) is 18.8 Å². The van der Waals surface area contributed by atoms with Crippen molar-refractivity contribution in [1.82, 2.24) is 9.97 Å². The van der Waals surface area contributed by atoms with Crippen LogP contribution >= 0.6 is 11.6 Å². The van der Waals surface area contributed by atoms with Crippen molar-refractivity contribution in [2.24, 2.45) is 0 Å². The van der Waals surface area contributed by atoms with E-state index in [2.05, 4.69) is 16.5 Å². The van der Waals surface area contributed by atoms with Gasteiger partial charge >= 0.3 is 0 Å². The van der Waals surface area contributed by atoms with Crippen LogP contribution in [0.15, 0.2) is 49.4 Å². The second kappa shape index (κ2) is 5.80. The highest BCUT2D eigenvalue weighted by molar-refractivity contribution is 6.33. The van der Waals surface area contributed by atoms with Gasteiger partial charge in [-0.05, 0) is 19.1 Å². The van der Waals surface area contributed by atoms with Gasteiger partial charge in [0.1, 0.15) is 17.5 Å². The van der Waals surface area contributed by atoms with E-state index in [4.69, 9.17) is 11.6 Å². The molecule has 0 aliphatic carbocycles. The lowest BCUT2D eigenvalue weighted by atomic mass is 10.2. The lowest BCUT2D eigenvalue weighted by Gasteiger charge is -2.21. The van der Waals surface area contributed by atoms with Crippen molar-refractivity contribution < 1.29 is 4.39 Å². The molecule has 0 aliphatic heterocycles. The number of halogens is 2. The first-order valence-electron chi connectivity index (χ1n) is 5.76. The predicted molar refractivity (Wildman–Crippen MR) is 75.3 cm³/mol. The van der Waals surface area contributed by atoms with Gasteiger partial charge in [0.25, 0.3) is 0 Å². The second-order valence-corrected chi connectivity index (χ2v) is 4.28. The molecule has 1 aromatic carbocycles. The Hall–Kier alpha value is -1.94. The van der Waals surface area contributed by atoms with E-state index in [1.54, 1.807) is 11.1 Å². The van der Waals surface area contributed by atoms with Gasteiger partial charge in [0.05, 0.1) is 5.69 Å². The molecule has 0 N–H and O–H groups in total. The van der Waals surface area contributed by atoms with E-state index in [-0.39, 0.29) is 10.7 Å². The van der Waals surface area contributed by atoms with Gasteiger partial charge in [0.15, 0.2) is 5.82 Å². The van der Waals surface area contributed by atoms with E-state index in [9.17, 15) is 4.39 Å². The third kappa shape index (κ3) is 2.74. The standard InChI is InChI=1S/C14H13ClFN3/c1-3-19(11-7-5-4-6-8-11)14-12(15)13(10(2)16)17-9-18-14/h3-10H,1H2,2H3. The number of hydrogen-bond donors (Lipinski definition) is 0. The van der Waals surface area contributed by atoms with E-state index in [0.717, 1.165) is 5.69 Å². The van der Waals surface area contributed by atoms with Gasteiger partial charge < -0.3 is 4.90 Å². The van der Waals surface area contributed by atoms with Gasteiger partial charge in [-0.15, -0.1) is 0 Å². The molecule has 0 radical (unpaired) electrons. The molecule has 0 aliphatic rings. The Kier molecular flexibility index (Phi) is 4.12. The maximum absolute atomic E-state index is 13.4. The summed E-state index contributed by atoms with van der Waals surface area (Å²) in [5.41, 5.74) is 1.02. The summed E-state index contributed by atoms with van der Waals surface area (Å²) in [5, 5.41) is 0.196. The van der Waals surface area contributed by atoms with Crippen LogP contribution in [-0.4, -0.2) is 9.97 Å². The normalized spacial score (nSPS) is 11.9. The highest BCUT2D eigenvalue weighted by atomic mass is 35.5. The minimum atomic E-state index is -1.25. The summed E-state index contributed by atoms with van der Waals surface area (Å²) in [6.45, 7) is 5.13. The van der Waals surface area contributed by atoms with E-state index in [1.165, 1.54) is 13.3 Å². The SMILES string of the molecule is C=CN(c1ccccc1)c1ncnc(C(C)F)c1Cl. The molecule has 3 nitrogen and oxygen atoms in total. The van der Waals surface area contributed by atoms with Gasteiger partial charge in [-0.2, -0.15) is 0 Å². The second-order valence-electron chi connectivity index (χ2n) is 3.90. The number of aromatic nitrogens is 2. The first-order valence-corrected chi connectivity index (χ1v) is 6.14. The number of benzene rings is 1. The Morgan fingerprint density at radius 3 is 2.58 bits per heavy atom. The molecule has 1 unspecified atom stereocenters. The monoisotopic (exact) mass is 277 g/mol. The fourth-order valence-corrected chi connectivity index (χ4v) is 2.06. The van der Waals surface area contributed by atoms with Crippen molar-refractivity contribution in [3.8, 4) is 0 Å². The van der Waals surface area contributed by atoms with Gasteiger partial charge in [0.2, 0.25) is 0 Å². The largest absolute Gasteiger partial charge is 0.301 e. The lowest BCUT2D eigenvalue weighted by Crippen LogP contribution is -2.12. The first kappa shape index (κ1) is 13.5. The van der Waals surface area contributed by atoms with Crippen molar-refractivity contribution in [3.63, 3.8) is 0 Å². The fourth-order valence-electron chi connectivity index (χ4n) is 1.72. The van der Waals surface area contributed by atoms with Crippen molar-refractivity contribution in [1.29, 1.82) is 0 Å². The Labute approximate surface area is 116 Å². The average molecular weight is 278 g/mol. The topological polar surface area (TPSA) is 29.0 Å². The van der Waals surface area contributed by atoms with Gasteiger partial charge in [-0.3, -0.25) is 0 Å². The molecule has 1 aromatic heterocycles. The van der Waals surface area contributed by atoms with Crippen LogP contribution in [-0.2, 0) is 0 Å². The molecule has 0 fully saturated rings. The molecule has 1 heterocycles. The highest BCUT2D eigenvalue weighted by Crippen LogP contribution is 2.34. The molecule has 0 saturated carbocycles.